The zero-order chi connectivity index (χ0) is 16.2. The molecule has 0 radical (unpaired) electrons. The molecule has 1 unspecified atom stereocenters. The number of halogens is 2. The molecule has 0 aromatic heterocycles. The van der Waals surface area contributed by atoms with Gasteiger partial charge in [-0.05, 0) is 50.6 Å². The van der Waals surface area contributed by atoms with Crippen molar-refractivity contribution in [3.8, 4) is 0 Å². The van der Waals surface area contributed by atoms with Gasteiger partial charge in [0.1, 0.15) is 0 Å². The van der Waals surface area contributed by atoms with Gasteiger partial charge in [0.25, 0.3) is 0 Å². The van der Waals surface area contributed by atoms with Crippen molar-refractivity contribution >= 4 is 34.2 Å². The van der Waals surface area contributed by atoms with Crippen molar-refractivity contribution in [1.29, 1.82) is 0 Å². The number of piperidine rings is 1. The molecule has 24 heavy (non-hydrogen) atoms. The molecule has 134 valence electrons. The van der Waals surface area contributed by atoms with E-state index in [4.69, 9.17) is 0 Å². The van der Waals surface area contributed by atoms with Gasteiger partial charge in [0.15, 0.2) is 0 Å². The Morgan fingerprint density at radius 3 is 2.29 bits per heavy atom. The minimum Gasteiger partial charge on any atom is -0.340 e. The maximum Gasteiger partial charge on any atom is 0.225 e. The van der Waals surface area contributed by atoms with Crippen molar-refractivity contribution in [3.63, 3.8) is 0 Å². The van der Waals surface area contributed by atoms with Gasteiger partial charge < -0.3 is 10.2 Å². The smallest absolute Gasteiger partial charge is 0.225 e. The summed E-state index contributed by atoms with van der Waals surface area (Å²) in [5, 5.41) is 3.33. The van der Waals surface area contributed by atoms with Gasteiger partial charge in [-0.2, -0.15) is 0 Å². The van der Waals surface area contributed by atoms with Crippen molar-refractivity contribution in [2.75, 3.05) is 39.3 Å². The van der Waals surface area contributed by atoms with Crippen LogP contribution in [-0.4, -0.2) is 55.0 Å². The molecule has 1 amide bonds. The predicted molar refractivity (Wildman–Crippen MR) is 104 cm³/mol. The highest BCUT2D eigenvalue weighted by molar-refractivity contribution is 9.10. The number of piperazine rings is 1. The van der Waals surface area contributed by atoms with E-state index in [0.29, 0.717) is 11.9 Å². The van der Waals surface area contributed by atoms with E-state index >= 15 is 0 Å². The van der Waals surface area contributed by atoms with Gasteiger partial charge in [-0.3, -0.25) is 9.69 Å². The fraction of sp³-hybridized carbons (Fsp3) is 0.611. The molecule has 0 bridgehead atoms. The number of amides is 1. The number of benzene rings is 1. The molecule has 6 heteroatoms. The minimum absolute atomic E-state index is 0. The Labute approximate surface area is 159 Å². The van der Waals surface area contributed by atoms with E-state index in [-0.39, 0.29) is 18.3 Å². The van der Waals surface area contributed by atoms with Crippen molar-refractivity contribution in [2.24, 2.45) is 5.92 Å². The Bertz CT molecular complexity index is 526. The molecule has 1 aromatic carbocycles. The van der Waals surface area contributed by atoms with Gasteiger partial charge in [0, 0.05) is 42.6 Å². The summed E-state index contributed by atoms with van der Waals surface area (Å²) in [6.45, 7) is 7.89. The van der Waals surface area contributed by atoms with Gasteiger partial charge in [-0.25, -0.2) is 0 Å². The molecule has 4 nitrogen and oxygen atoms in total. The summed E-state index contributed by atoms with van der Waals surface area (Å²) in [6, 6.07) is 8.97. The number of hydrogen-bond acceptors (Lipinski definition) is 3. The van der Waals surface area contributed by atoms with E-state index in [1.165, 1.54) is 5.56 Å². The lowest BCUT2D eigenvalue weighted by atomic mass is 9.96. The van der Waals surface area contributed by atoms with Gasteiger partial charge in [-0.15, -0.1) is 12.4 Å². The molecular weight excluding hydrogens is 390 g/mol. The number of nitrogens with one attached hydrogen (secondary N) is 1. The highest BCUT2D eigenvalue weighted by Gasteiger charge is 2.29. The van der Waals surface area contributed by atoms with Crippen LogP contribution in [0, 0.1) is 5.92 Å². The average molecular weight is 417 g/mol. The standard InChI is InChI=1S/C18H26BrN3O.ClH/c1-14(15-2-4-17(19)5-3-15)21-10-12-22(13-11-21)18(23)16-6-8-20-9-7-16;/h2-5,14,16,20H,6-13H2,1H3;1H. The molecule has 0 saturated carbocycles. The third-order valence-electron chi connectivity index (χ3n) is 5.21. The summed E-state index contributed by atoms with van der Waals surface area (Å²) in [7, 11) is 0. The predicted octanol–water partition coefficient (Wildman–Crippen LogP) is 3.08. The van der Waals surface area contributed by atoms with Crippen LogP contribution < -0.4 is 5.32 Å². The van der Waals surface area contributed by atoms with E-state index in [2.05, 4.69) is 62.2 Å². The normalized spacial score (nSPS) is 21.2. The molecule has 0 spiro atoms. The van der Waals surface area contributed by atoms with Gasteiger partial charge in [0.2, 0.25) is 5.91 Å². The molecule has 1 aromatic rings. The topological polar surface area (TPSA) is 35.6 Å². The number of carbonyl (C=O) groups excluding carboxylic acids is 1. The highest BCUT2D eigenvalue weighted by atomic mass is 79.9. The van der Waals surface area contributed by atoms with Crippen LogP contribution in [0.2, 0.25) is 0 Å². The SMILES string of the molecule is CC(c1ccc(Br)cc1)N1CCN(C(=O)C2CCNCC2)CC1.Cl. The molecule has 1 atom stereocenters. The second-order valence-corrected chi connectivity index (χ2v) is 7.53. The summed E-state index contributed by atoms with van der Waals surface area (Å²) in [4.78, 5) is 17.2. The van der Waals surface area contributed by atoms with Crippen LogP contribution in [0.15, 0.2) is 28.7 Å². The largest absolute Gasteiger partial charge is 0.340 e. The van der Waals surface area contributed by atoms with E-state index in [1.807, 2.05) is 0 Å². The Morgan fingerprint density at radius 1 is 1.12 bits per heavy atom. The van der Waals surface area contributed by atoms with Gasteiger partial charge in [-0.1, -0.05) is 28.1 Å². The Hall–Kier alpha value is -0.620. The van der Waals surface area contributed by atoms with E-state index in [0.717, 1.165) is 56.6 Å². The first kappa shape index (κ1) is 19.7. The second-order valence-electron chi connectivity index (χ2n) is 6.61. The molecule has 2 heterocycles. The summed E-state index contributed by atoms with van der Waals surface area (Å²) >= 11 is 3.49. The number of rotatable bonds is 3. The van der Waals surface area contributed by atoms with Crippen LogP contribution in [0.25, 0.3) is 0 Å². The zero-order valence-electron chi connectivity index (χ0n) is 14.2. The average Bonchev–Trinajstić information content (AvgIpc) is 2.62. The molecule has 2 aliphatic rings. The summed E-state index contributed by atoms with van der Waals surface area (Å²) in [6.07, 6.45) is 1.99. The first-order valence-corrected chi connectivity index (χ1v) is 9.43. The first-order valence-electron chi connectivity index (χ1n) is 8.64. The summed E-state index contributed by atoms with van der Waals surface area (Å²) in [5.41, 5.74) is 1.34. The molecular formula is C18H27BrClN3O. The summed E-state index contributed by atoms with van der Waals surface area (Å²) in [5.74, 6) is 0.620. The lowest BCUT2D eigenvalue weighted by molar-refractivity contribution is -0.138. The minimum atomic E-state index is 0. The van der Waals surface area contributed by atoms with Crippen molar-refractivity contribution in [1.82, 2.24) is 15.1 Å². The molecule has 3 rings (SSSR count). The molecule has 2 fully saturated rings. The van der Waals surface area contributed by atoms with Crippen LogP contribution in [-0.2, 0) is 4.79 Å². The quantitative estimate of drug-likeness (QED) is 0.822. The van der Waals surface area contributed by atoms with Crippen LogP contribution in [0.5, 0.6) is 0 Å². The first-order chi connectivity index (χ1) is 11.1. The van der Waals surface area contributed by atoms with Crippen molar-refractivity contribution in [2.45, 2.75) is 25.8 Å². The van der Waals surface area contributed by atoms with E-state index < -0.39 is 0 Å². The third kappa shape index (κ3) is 4.72. The van der Waals surface area contributed by atoms with Crippen molar-refractivity contribution < 1.29 is 4.79 Å². The molecule has 0 aliphatic carbocycles. The fourth-order valence-electron chi connectivity index (χ4n) is 3.61. The summed E-state index contributed by atoms with van der Waals surface area (Å²) < 4.78 is 1.12. The monoisotopic (exact) mass is 415 g/mol. The van der Waals surface area contributed by atoms with Crippen molar-refractivity contribution in [3.05, 3.63) is 34.3 Å². The van der Waals surface area contributed by atoms with Gasteiger partial charge >= 0.3 is 0 Å². The second kappa shape index (κ2) is 9.18. The van der Waals surface area contributed by atoms with Gasteiger partial charge in [0.05, 0.1) is 0 Å². The van der Waals surface area contributed by atoms with Crippen LogP contribution in [0.3, 0.4) is 0 Å². The molecule has 1 N–H and O–H groups in total. The number of nitrogens with zero attached hydrogens (tertiary/aromatic N) is 2. The maximum absolute atomic E-state index is 12.6. The number of carbonyl (C=O) groups is 1. The van der Waals surface area contributed by atoms with E-state index in [9.17, 15) is 4.79 Å². The Balaban J connectivity index is 0.00000208. The van der Waals surface area contributed by atoms with Crippen LogP contribution in [0.1, 0.15) is 31.4 Å². The lowest BCUT2D eigenvalue weighted by Gasteiger charge is -2.39. The molecule has 2 aliphatic heterocycles. The third-order valence-corrected chi connectivity index (χ3v) is 5.74. The van der Waals surface area contributed by atoms with Crippen LogP contribution >= 0.6 is 28.3 Å². The number of hydrogen-bond donors (Lipinski definition) is 1. The maximum atomic E-state index is 12.6. The zero-order valence-corrected chi connectivity index (χ0v) is 16.6. The fourth-order valence-corrected chi connectivity index (χ4v) is 3.87. The van der Waals surface area contributed by atoms with Crippen LogP contribution in [0.4, 0.5) is 0 Å². The lowest BCUT2D eigenvalue weighted by Crippen LogP contribution is -2.51. The Morgan fingerprint density at radius 2 is 1.71 bits per heavy atom. The highest BCUT2D eigenvalue weighted by Crippen LogP contribution is 2.24. The molecule has 2 saturated heterocycles. The van der Waals surface area contributed by atoms with E-state index in [1.54, 1.807) is 0 Å². The Kier molecular flexibility index (Phi) is 7.54.